The van der Waals surface area contributed by atoms with Crippen LogP contribution in [0.3, 0.4) is 0 Å². The van der Waals surface area contributed by atoms with Crippen molar-refractivity contribution >= 4 is 20.4 Å². The van der Waals surface area contributed by atoms with Gasteiger partial charge in [-0.1, -0.05) is 18.2 Å². The Bertz CT molecular complexity index is 508. The highest BCUT2D eigenvalue weighted by Crippen LogP contribution is 2.20. The van der Waals surface area contributed by atoms with Gasteiger partial charge in [0.05, 0.1) is 0 Å². The number of nitrogens with zero attached hydrogens (tertiary/aromatic N) is 1. The minimum Gasteiger partial charge on any atom is -0.403 e. The van der Waals surface area contributed by atoms with Crippen LogP contribution in [-0.4, -0.2) is 16.8 Å². The van der Waals surface area contributed by atoms with Crippen LogP contribution in [0.1, 0.15) is 0 Å². The zero-order valence-electron chi connectivity index (χ0n) is 6.66. The molecule has 5 nitrogen and oxygen atoms in total. The van der Waals surface area contributed by atoms with Gasteiger partial charge in [-0.15, -0.1) is 3.89 Å². The predicted molar refractivity (Wildman–Crippen MR) is 47.0 cm³/mol. The van der Waals surface area contributed by atoms with E-state index in [1.54, 1.807) is 0 Å². The van der Waals surface area contributed by atoms with Gasteiger partial charge in [-0.3, -0.25) is 0 Å². The lowest BCUT2D eigenvalue weighted by Gasteiger charge is -2.14. The first-order valence-corrected chi connectivity index (χ1v) is 6.08. The van der Waals surface area contributed by atoms with E-state index in [1.165, 1.54) is 18.2 Å². The minimum absolute atomic E-state index is 0.374. The van der Waals surface area contributed by atoms with Gasteiger partial charge in [0, 0.05) is 4.90 Å². The van der Waals surface area contributed by atoms with E-state index in [0.717, 1.165) is 12.1 Å². The smallest absolute Gasteiger partial charge is 0.240 e. The first-order chi connectivity index (χ1) is 6.31. The first kappa shape index (κ1) is 11.1. The number of sulfonamides is 1. The van der Waals surface area contributed by atoms with E-state index in [2.05, 4.69) is 4.13 Å². The lowest BCUT2D eigenvalue weighted by atomic mass is 10.4. The third-order valence-corrected chi connectivity index (χ3v) is 3.59. The van der Waals surface area contributed by atoms with Crippen molar-refractivity contribution in [2.24, 2.45) is 0 Å². The van der Waals surface area contributed by atoms with E-state index in [0.29, 0.717) is 0 Å². The van der Waals surface area contributed by atoms with E-state index < -0.39 is 20.4 Å². The van der Waals surface area contributed by atoms with Crippen molar-refractivity contribution in [3.8, 4) is 0 Å². The van der Waals surface area contributed by atoms with Gasteiger partial charge in [0.15, 0.2) is 0 Å². The number of rotatable bonds is 3. The maximum absolute atomic E-state index is 12.0. The third-order valence-electron chi connectivity index (χ3n) is 1.23. The lowest BCUT2D eigenvalue weighted by molar-refractivity contribution is 0.560. The molecule has 0 aliphatic heterocycles. The summed E-state index contributed by atoms with van der Waals surface area (Å²) in [6.07, 6.45) is 0. The summed E-state index contributed by atoms with van der Waals surface area (Å²) in [7, 11) is -9.85. The van der Waals surface area contributed by atoms with Crippen LogP contribution >= 0.6 is 0 Å². The Morgan fingerprint density at radius 1 is 1.00 bits per heavy atom. The zero-order valence-corrected chi connectivity index (χ0v) is 8.29. The van der Waals surface area contributed by atoms with Gasteiger partial charge in [-0.05, 0) is 12.1 Å². The van der Waals surface area contributed by atoms with Gasteiger partial charge in [0.1, 0.15) is 10.0 Å². The number of hydrogen-bond acceptors (Lipinski definition) is 4. The molecule has 14 heavy (non-hydrogen) atoms. The maximum Gasteiger partial charge on any atom is 0.240 e. The quantitative estimate of drug-likeness (QED) is 0.734. The maximum atomic E-state index is 12.0. The van der Waals surface area contributed by atoms with Crippen molar-refractivity contribution in [1.29, 1.82) is 0 Å². The minimum atomic E-state index is -5.39. The molecule has 0 unspecified atom stereocenters. The van der Waals surface area contributed by atoms with Gasteiger partial charge in [-0.25, -0.2) is 16.8 Å². The molecule has 0 heterocycles. The predicted octanol–water partition coefficient (Wildman–Crippen LogP) is 0.963. The van der Waals surface area contributed by atoms with Gasteiger partial charge < -0.3 is 4.13 Å². The molecule has 0 saturated carbocycles. The molecule has 0 bridgehead atoms. The monoisotopic (exact) mass is 238 g/mol. The molecule has 0 saturated heterocycles. The molecule has 0 radical (unpaired) electrons. The number of benzene rings is 1. The molecule has 8 heteroatoms. The van der Waals surface area contributed by atoms with Crippen LogP contribution < -0.4 is 0 Å². The van der Waals surface area contributed by atoms with Crippen molar-refractivity contribution in [2.75, 3.05) is 0 Å². The molecule has 0 aliphatic rings. The average Bonchev–Trinajstić information content (AvgIpc) is 2.01. The second-order valence-corrected chi connectivity index (χ2v) is 5.12. The topological polar surface area (TPSA) is 82.4 Å². The highest BCUT2D eigenvalue weighted by molar-refractivity contribution is 8.10. The Morgan fingerprint density at radius 3 is 1.93 bits per heavy atom. The summed E-state index contributed by atoms with van der Waals surface area (Å²) in [5.74, 6) is 0. The normalized spacial score (nSPS) is 12.6. The molecule has 0 fully saturated rings. The molecule has 0 N–H and O–H groups in total. The zero-order chi connectivity index (χ0) is 10.8. The van der Waals surface area contributed by atoms with E-state index in [-0.39, 0.29) is 4.90 Å². The van der Waals surface area contributed by atoms with E-state index >= 15 is 0 Å². The first-order valence-electron chi connectivity index (χ1n) is 3.30. The third kappa shape index (κ3) is 3.05. The van der Waals surface area contributed by atoms with Crippen LogP contribution in [0, 0.1) is 0 Å². The standard InChI is InChI=1S/C6H5FNO4S2/c7-14(11,12)8-13(9,10)6-4-2-1-3-5-6/h1-5H/q-1. The molecule has 78 valence electrons. The van der Waals surface area contributed by atoms with E-state index in [9.17, 15) is 20.7 Å². The fourth-order valence-electron chi connectivity index (χ4n) is 0.753. The SMILES string of the molecule is O=S(=O)(F)[N-]S(=O)(=O)c1ccccc1. The lowest BCUT2D eigenvalue weighted by Crippen LogP contribution is -2.02. The second kappa shape index (κ2) is 3.64. The van der Waals surface area contributed by atoms with Crippen molar-refractivity contribution in [3.05, 3.63) is 34.5 Å². The fourth-order valence-corrected chi connectivity index (χ4v) is 2.54. The van der Waals surface area contributed by atoms with Gasteiger partial charge in [0.25, 0.3) is 0 Å². The number of halogens is 1. The van der Waals surface area contributed by atoms with Crippen LogP contribution in [0.2, 0.25) is 0 Å². The summed E-state index contributed by atoms with van der Waals surface area (Å²) in [5.41, 5.74) is 0. The van der Waals surface area contributed by atoms with Crippen LogP contribution in [0.15, 0.2) is 35.2 Å². The van der Waals surface area contributed by atoms with Crippen molar-refractivity contribution < 1.29 is 20.7 Å². The average molecular weight is 238 g/mol. The largest absolute Gasteiger partial charge is 0.403 e. The summed E-state index contributed by atoms with van der Waals surface area (Å²) < 4.78 is 56.2. The Hall–Kier alpha value is -0.990. The summed E-state index contributed by atoms with van der Waals surface area (Å²) in [6, 6.07) is 6.50. The molecule has 0 atom stereocenters. The molecular weight excluding hydrogens is 233 g/mol. The van der Waals surface area contributed by atoms with Crippen LogP contribution in [0.5, 0.6) is 0 Å². The second-order valence-electron chi connectivity index (χ2n) is 2.27. The molecule has 0 aromatic heterocycles. The Kier molecular flexibility index (Phi) is 2.88. The van der Waals surface area contributed by atoms with Crippen molar-refractivity contribution in [2.45, 2.75) is 4.90 Å². The molecule has 0 amide bonds. The molecule has 0 aliphatic carbocycles. The Morgan fingerprint density at radius 2 is 1.50 bits per heavy atom. The number of hydrogen-bond donors (Lipinski definition) is 0. The molecule has 1 aromatic rings. The van der Waals surface area contributed by atoms with Crippen LogP contribution in [-0.2, 0) is 20.4 Å². The highest BCUT2D eigenvalue weighted by Gasteiger charge is 2.08. The van der Waals surface area contributed by atoms with Gasteiger partial charge in [0.2, 0.25) is 10.4 Å². The van der Waals surface area contributed by atoms with Crippen molar-refractivity contribution in [1.82, 2.24) is 0 Å². The van der Waals surface area contributed by atoms with Gasteiger partial charge >= 0.3 is 0 Å². The van der Waals surface area contributed by atoms with E-state index in [1.807, 2.05) is 0 Å². The summed E-state index contributed by atoms with van der Waals surface area (Å²) in [4.78, 5) is -0.374. The Labute approximate surface area is 81.0 Å². The van der Waals surface area contributed by atoms with Crippen LogP contribution in [0.4, 0.5) is 3.89 Å². The molecule has 0 spiro atoms. The molecule has 1 aromatic carbocycles. The molecular formula is C6H5FNO4S2-. The van der Waals surface area contributed by atoms with Crippen molar-refractivity contribution in [3.63, 3.8) is 0 Å². The van der Waals surface area contributed by atoms with Gasteiger partial charge in [-0.2, -0.15) is 0 Å². The molecule has 1 rings (SSSR count). The fraction of sp³-hybridized carbons (Fsp3) is 0. The highest BCUT2D eigenvalue weighted by atomic mass is 32.3. The summed E-state index contributed by atoms with van der Waals surface area (Å²) in [5, 5.41) is 0. The summed E-state index contributed by atoms with van der Waals surface area (Å²) in [6.45, 7) is 0. The van der Waals surface area contributed by atoms with Crippen LogP contribution in [0.25, 0.3) is 4.13 Å². The Balaban J connectivity index is 3.12. The van der Waals surface area contributed by atoms with E-state index in [4.69, 9.17) is 0 Å². The summed E-state index contributed by atoms with van der Waals surface area (Å²) >= 11 is 0.